The van der Waals surface area contributed by atoms with Crippen LogP contribution in [-0.2, 0) is 0 Å². The van der Waals surface area contributed by atoms with Crippen LogP contribution in [0.1, 0.15) is 5.69 Å². The number of rotatable bonds is 1. The average molecular weight is 242 g/mol. The molecule has 1 aromatic carbocycles. The van der Waals surface area contributed by atoms with E-state index in [2.05, 4.69) is 47.9 Å². The Balaban J connectivity index is 2.27. The SMILES string of the molecule is Cc1cc(-c2ccc(Cl)cc2)c2ccccn12. The van der Waals surface area contributed by atoms with Crippen LogP contribution in [0.4, 0.5) is 0 Å². The van der Waals surface area contributed by atoms with Gasteiger partial charge in [-0.15, -0.1) is 0 Å². The van der Waals surface area contributed by atoms with Gasteiger partial charge in [-0.1, -0.05) is 29.8 Å². The maximum absolute atomic E-state index is 5.92. The second-order valence-corrected chi connectivity index (χ2v) is 4.60. The minimum absolute atomic E-state index is 0.772. The number of hydrogen-bond donors (Lipinski definition) is 0. The molecule has 0 unspecified atom stereocenters. The Morgan fingerprint density at radius 3 is 2.53 bits per heavy atom. The molecule has 0 aliphatic rings. The standard InChI is InChI=1S/C15H12ClN/c1-11-10-14(12-5-7-13(16)8-6-12)15-4-2-3-9-17(11)15/h2-10H,1H3. The molecular formula is C15H12ClN. The van der Waals surface area contributed by atoms with E-state index in [1.807, 2.05) is 18.2 Å². The summed E-state index contributed by atoms with van der Waals surface area (Å²) < 4.78 is 2.20. The predicted molar refractivity (Wildman–Crippen MR) is 72.6 cm³/mol. The molecule has 0 fully saturated rings. The fraction of sp³-hybridized carbons (Fsp3) is 0.0667. The molecule has 0 N–H and O–H groups in total. The molecule has 2 heterocycles. The van der Waals surface area contributed by atoms with Gasteiger partial charge in [0, 0.05) is 22.5 Å². The topological polar surface area (TPSA) is 4.41 Å². The molecule has 0 spiro atoms. The summed E-state index contributed by atoms with van der Waals surface area (Å²) in [6.45, 7) is 2.12. The van der Waals surface area contributed by atoms with Gasteiger partial charge in [-0.3, -0.25) is 0 Å². The fourth-order valence-corrected chi connectivity index (χ4v) is 2.31. The first-order valence-electron chi connectivity index (χ1n) is 5.58. The zero-order valence-corrected chi connectivity index (χ0v) is 10.3. The summed E-state index contributed by atoms with van der Waals surface area (Å²) in [7, 11) is 0. The lowest BCUT2D eigenvalue weighted by molar-refractivity contribution is 1.11. The maximum Gasteiger partial charge on any atom is 0.0531 e. The largest absolute Gasteiger partial charge is 0.321 e. The van der Waals surface area contributed by atoms with Gasteiger partial charge in [0.25, 0.3) is 0 Å². The monoisotopic (exact) mass is 241 g/mol. The molecule has 0 saturated carbocycles. The highest BCUT2D eigenvalue weighted by molar-refractivity contribution is 6.30. The molecular weight excluding hydrogens is 230 g/mol. The number of hydrogen-bond acceptors (Lipinski definition) is 0. The van der Waals surface area contributed by atoms with E-state index in [9.17, 15) is 0 Å². The first-order chi connectivity index (χ1) is 8.25. The van der Waals surface area contributed by atoms with Crippen LogP contribution >= 0.6 is 11.6 Å². The molecule has 17 heavy (non-hydrogen) atoms. The molecule has 3 rings (SSSR count). The van der Waals surface area contributed by atoms with Gasteiger partial charge in [0.15, 0.2) is 0 Å². The molecule has 0 bridgehead atoms. The zero-order valence-electron chi connectivity index (χ0n) is 9.52. The van der Waals surface area contributed by atoms with Gasteiger partial charge in [-0.25, -0.2) is 0 Å². The number of fused-ring (bicyclic) bond motifs is 1. The maximum atomic E-state index is 5.92. The van der Waals surface area contributed by atoms with E-state index in [4.69, 9.17) is 11.6 Å². The van der Waals surface area contributed by atoms with E-state index >= 15 is 0 Å². The summed E-state index contributed by atoms with van der Waals surface area (Å²) in [6, 6.07) is 16.4. The van der Waals surface area contributed by atoms with Gasteiger partial charge in [0.2, 0.25) is 0 Å². The minimum atomic E-state index is 0.772. The van der Waals surface area contributed by atoms with Crippen LogP contribution < -0.4 is 0 Å². The quantitative estimate of drug-likeness (QED) is 0.588. The molecule has 0 aliphatic heterocycles. The molecule has 84 valence electrons. The van der Waals surface area contributed by atoms with Crippen molar-refractivity contribution in [1.29, 1.82) is 0 Å². The van der Waals surface area contributed by atoms with Gasteiger partial charge >= 0.3 is 0 Å². The van der Waals surface area contributed by atoms with Crippen molar-refractivity contribution in [3.63, 3.8) is 0 Å². The minimum Gasteiger partial charge on any atom is -0.321 e. The first kappa shape index (κ1) is 10.4. The lowest BCUT2D eigenvalue weighted by Gasteiger charge is -2.00. The third kappa shape index (κ3) is 1.73. The summed E-state index contributed by atoms with van der Waals surface area (Å²) in [5, 5.41) is 0.772. The Morgan fingerprint density at radius 1 is 1.00 bits per heavy atom. The van der Waals surface area contributed by atoms with Gasteiger partial charge < -0.3 is 4.40 Å². The van der Waals surface area contributed by atoms with E-state index in [1.54, 1.807) is 0 Å². The third-order valence-electron chi connectivity index (χ3n) is 3.02. The van der Waals surface area contributed by atoms with Crippen LogP contribution in [0.2, 0.25) is 5.02 Å². The van der Waals surface area contributed by atoms with Crippen LogP contribution in [0.3, 0.4) is 0 Å². The number of aromatic nitrogens is 1. The van der Waals surface area contributed by atoms with E-state index in [-0.39, 0.29) is 0 Å². The molecule has 0 radical (unpaired) electrons. The molecule has 2 heteroatoms. The van der Waals surface area contributed by atoms with Crippen molar-refractivity contribution < 1.29 is 0 Å². The number of nitrogens with zero attached hydrogens (tertiary/aromatic N) is 1. The predicted octanol–water partition coefficient (Wildman–Crippen LogP) is 4.57. The second kappa shape index (κ2) is 3.94. The van der Waals surface area contributed by atoms with E-state index in [0.29, 0.717) is 0 Å². The van der Waals surface area contributed by atoms with Crippen LogP contribution in [0.15, 0.2) is 54.7 Å². The number of benzene rings is 1. The Labute approximate surface area is 105 Å². The highest BCUT2D eigenvalue weighted by Gasteiger charge is 2.07. The van der Waals surface area contributed by atoms with Gasteiger partial charge in [-0.05, 0) is 42.8 Å². The van der Waals surface area contributed by atoms with Gasteiger partial charge in [0.05, 0.1) is 5.52 Å². The van der Waals surface area contributed by atoms with Crippen molar-refractivity contribution in [3.05, 3.63) is 65.4 Å². The normalized spacial score (nSPS) is 10.9. The van der Waals surface area contributed by atoms with Crippen LogP contribution in [0.25, 0.3) is 16.6 Å². The summed E-state index contributed by atoms with van der Waals surface area (Å²) in [5.41, 5.74) is 4.92. The average Bonchev–Trinajstić information content (AvgIpc) is 2.69. The summed E-state index contributed by atoms with van der Waals surface area (Å²) in [6.07, 6.45) is 2.09. The lowest BCUT2D eigenvalue weighted by Crippen LogP contribution is -1.84. The van der Waals surface area contributed by atoms with Crippen LogP contribution in [-0.4, -0.2) is 4.40 Å². The van der Waals surface area contributed by atoms with E-state index in [1.165, 1.54) is 22.3 Å². The Bertz CT molecular complexity index is 665. The second-order valence-electron chi connectivity index (χ2n) is 4.16. The molecule has 2 aromatic heterocycles. The summed E-state index contributed by atoms with van der Waals surface area (Å²) in [5.74, 6) is 0. The van der Waals surface area contributed by atoms with Crippen LogP contribution in [0, 0.1) is 6.92 Å². The Morgan fingerprint density at radius 2 is 1.76 bits per heavy atom. The lowest BCUT2D eigenvalue weighted by atomic mass is 10.1. The van der Waals surface area contributed by atoms with Crippen molar-refractivity contribution in [2.24, 2.45) is 0 Å². The molecule has 0 aliphatic carbocycles. The van der Waals surface area contributed by atoms with Gasteiger partial charge in [-0.2, -0.15) is 0 Å². The highest BCUT2D eigenvalue weighted by atomic mass is 35.5. The summed E-state index contributed by atoms with van der Waals surface area (Å²) >= 11 is 5.92. The van der Waals surface area contributed by atoms with E-state index in [0.717, 1.165) is 5.02 Å². The third-order valence-corrected chi connectivity index (χ3v) is 3.28. The fourth-order valence-electron chi connectivity index (χ4n) is 2.18. The van der Waals surface area contributed by atoms with Crippen molar-refractivity contribution >= 4 is 17.1 Å². The molecule has 0 amide bonds. The van der Waals surface area contributed by atoms with E-state index < -0.39 is 0 Å². The highest BCUT2D eigenvalue weighted by Crippen LogP contribution is 2.28. The van der Waals surface area contributed by atoms with Gasteiger partial charge in [0.1, 0.15) is 0 Å². The Kier molecular flexibility index (Phi) is 2.41. The van der Waals surface area contributed by atoms with Crippen molar-refractivity contribution in [1.82, 2.24) is 4.40 Å². The number of pyridine rings is 1. The molecule has 0 atom stereocenters. The zero-order chi connectivity index (χ0) is 11.8. The summed E-state index contributed by atoms with van der Waals surface area (Å²) in [4.78, 5) is 0. The smallest absolute Gasteiger partial charge is 0.0531 e. The molecule has 0 saturated heterocycles. The number of aryl methyl sites for hydroxylation is 1. The van der Waals surface area contributed by atoms with Crippen molar-refractivity contribution in [2.45, 2.75) is 6.92 Å². The molecule has 1 nitrogen and oxygen atoms in total. The van der Waals surface area contributed by atoms with Crippen molar-refractivity contribution in [2.75, 3.05) is 0 Å². The first-order valence-corrected chi connectivity index (χ1v) is 5.96. The molecule has 3 aromatic rings. The van der Waals surface area contributed by atoms with Crippen LogP contribution in [0.5, 0.6) is 0 Å². The Hall–Kier alpha value is -1.73. The van der Waals surface area contributed by atoms with Crippen molar-refractivity contribution in [3.8, 4) is 11.1 Å². The number of halogens is 1.